The molecule has 4 aliphatic rings. The van der Waals surface area contributed by atoms with Crippen LogP contribution in [0.3, 0.4) is 0 Å². The van der Waals surface area contributed by atoms with Gasteiger partial charge in [0, 0.05) is 29.7 Å². The van der Waals surface area contributed by atoms with Crippen molar-refractivity contribution in [3.63, 3.8) is 0 Å². The van der Waals surface area contributed by atoms with Gasteiger partial charge in [-0.05, 0) is 73.8 Å². The zero-order chi connectivity index (χ0) is 30.3. The summed E-state index contributed by atoms with van der Waals surface area (Å²) in [4.78, 5) is 50.0. The quantitative estimate of drug-likeness (QED) is 0.379. The number of amides is 1. The van der Waals surface area contributed by atoms with Crippen LogP contribution >= 0.6 is 0 Å². The van der Waals surface area contributed by atoms with Crippen molar-refractivity contribution in [1.82, 2.24) is 5.32 Å². The molecular formula is C33H41NO8. The summed E-state index contributed by atoms with van der Waals surface area (Å²) in [7, 11) is 1.58. The van der Waals surface area contributed by atoms with Gasteiger partial charge < -0.3 is 25.0 Å². The molecule has 0 saturated heterocycles. The Labute approximate surface area is 246 Å². The van der Waals surface area contributed by atoms with Gasteiger partial charge in [0.15, 0.2) is 12.4 Å². The standard InChI is InChI=1S/C33H41NO8/c1-31-14-12-22(35)16-21(31)6-9-24-25-13-15-33(40,32(25,2)17-26(36)30(24)31)27(37)19-42-29(39)11-10-28(38)34-18-20-4-7-23(41-3)8-5-20/h4-5,7-8,12,14,16,24-26,30,36,40H,6,9-11,13,15,17-19H2,1-3H3,(H,34,38)/t24-,25+,26+,30+,31+,32+,33+/m1/s1. The van der Waals surface area contributed by atoms with Crippen molar-refractivity contribution in [1.29, 1.82) is 0 Å². The highest BCUT2D eigenvalue weighted by Crippen LogP contribution is 2.67. The number of rotatable bonds is 9. The Hall–Kier alpha value is -3.30. The summed E-state index contributed by atoms with van der Waals surface area (Å²) in [5.41, 5.74) is -1.10. The molecule has 0 aromatic heterocycles. The Morgan fingerprint density at radius 1 is 1.10 bits per heavy atom. The molecule has 7 atom stereocenters. The number of esters is 1. The fourth-order valence-corrected chi connectivity index (χ4v) is 8.37. The molecule has 226 valence electrons. The minimum Gasteiger partial charge on any atom is -0.497 e. The summed E-state index contributed by atoms with van der Waals surface area (Å²) in [5.74, 6) is -0.899. The SMILES string of the molecule is COc1ccc(CNC(=O)CCC(=O)OCC(=O)[C@@]2(O)CC[C@H]3[C@H]4CCC5=CC(=O)C=C[C@]5(C)[C@@H]4[C@@H](O)C[C@@]32C)cc1. The second-order valence-corrected chi connectivity index (χ2v) is 12.8. The highest BCUT2D eigenvalue weighted by atomic mass is 16.5. The second-order valence-electron chi connectivity index (χ2n) is 12.8. The number of benzene rings is 1. The third-order valence-corrected chi connectivity index (χ3v) is 10.7. The summed E-state index contributed by atoms with van der Waals surface area (Å²) in [5, 5.41) is 26.0. The molecule has 0 aliphatic heterocycles. The van der Waals surface area contributed by atoms with Gasteiger partial charge in [0.25, 0.3) is 0 Å². The zero-order valence-electron chi connectivity index (χ0n) is 24.6. The lowest BCUT2D eigenvalue weighted by Crippen LogP contribution is -2.61. The largest absolute Gasteiger partial charge is 0.497 e. The van der Waals surface area contributed by atoms with Crippen LogP contribution in [0.15, 0.2) is 48.1 Å². The molecule has 1 amide bonds. The number of fused-ring (bicyclic) bond motifs is 5. The first-order valence-corrected chi connectivity index (χ1v) is 14.8. The lowest BCUT2D eigenvalue weighted by molar-refractivity contribution is -0.181. The van der Waals surface area contributed by atoms with E-state index in [1.807, 2.05) is 25.1 Å². The van der Waals surface area contributed by atoms with E-state index < -0.39 is 40.9 Å². The Morgan fingerprint density at radius 3 is 2.55 bits per heavy atom. The number of carbonyl (C=O) groups is 4. The van der Waals surface area contributed by atoms with E-state index in [1.54, 1.807) is 31.4 Å². The van der Waals surface area contributed by atoms with Crippen LogP contribution in [0.2, 0.25) is 0 Å². The topological polar surface area (TPSA) is 139 Å². The molecule has 0 radical (unpaired) electrons. The van der Waals surface area contributed by atoms with Gasteiger partial charge in [0.1, 0.15) is 11.4 Å². The third kappa shape index (κ3) is 5.22. The fraction of sp³-hybridized carbons (Fsp3) is 0.576. The van der Waals surface area contributed by atoms with E-state index in [-0.39, 0.29) is 55.1 Å². The van der Waals surface area contributed by atoms with Crippen LogP contribution in [0.25, 0.3) is 0 Å². The van der Waals surface area contributed by atoms with Gasteiger partial charge in [0.2, 0.25) is 11.7 Å². The number of carbonyl (C=O) groups excluding carboxylic acids is 4. The lowest BCUT2D eigenvalue weighted by atomic mass is 9.46. The van der Waals surface area contributed by atoms with E-state index in [9.17, 15) is 29.4 Å². The van der Waals surface area contributed by atoms with E-state index >= 15 is 0 Å². The first kappa shape index (κ1) is 30.2. The number of aliphatic hydroxyl groups is 2. The summed E-state index contributed by atoms with van der Waals surface area (Å²) >= 11 is 0. The molecule has 5 rings (SSSR count). The molecule has 3 N–H and O–H groups in total. The molecule has 3 saturated carbocycles. The van der Waals surface area contributed by atoms with Crippen LogP contribution in [0.4, 0.5) is 0 Å². The minimum atomic E-state index is -1.73. The van der Waals surface area contributed by atoms with Crippen molar-refractivity contribution in [3.05, 3.63) is 53.6 Å². The van der Waals surface area contributed by atoms with E-state index in [1.165, 1.54) is 0 Å². The highest BCUT2D eigenvalue weighted by molar-refractivity contribution is 6.01. The van der Waals surface area contributed by atoms with Gasteiger partial charge in [-0.1, -0.05) is 37.6 Å². The normalized spacial score (nSPS) is 34.9. The van der Waals surface area contributed by atoms with Crippen molar-refractivity contribution < 1.29 is 38.9 Å². The molecule has 0 bridgehead atoms. The molecule has 1 aromatic rings. The van der Waals surface area contributed by atoms with Crippen molar-refractivity contribution in [2.45, 2.75) is 77.0 Å². The molecule has 3 fully saturated rings. The smallest absolute Gasteiger partial charge is 0.306 e. The summed E-state index contributed by atoms with van der Waals surface area (Å²) < 4.78 is 10.3. The van der Waals surface area contributed by atoms with E-state index in [2.05, 4.69) is 12.2 Å². The van der Waals surface area contributed by atoms with Crippen LogP contribution in [0.5, 0.6) is 5.75 Å². The average Bonchev–Trinajstić information content (AvgIpc) is 3.24. The first-order chi connectivity index (χ1) is 19.9. The van der Waals surface area contributed by atoms with Crippen LogP contribution < -0.4 is 10.1 Å². The van der Waals surface area contributed by atoms with E-state index in [4.69, 9.17) is 9.47 Å². The van der Waals surface area contributed by atoms with E-state index in [0.29, 0.717) is 18.7 Å². The van der Waals surface area contributed by atoms with Crippen LogP contribution in [-0.2, 0) is 30.5 Å². The van der Waals surface area contributed by atoms with Crippen LogP contribution in [-0.4, -0.2) is 59.1 Å². The number of nitrogens with one attached hydrogen (secondary N) is 1. The van der Waals surface area contributed by atoms with Gasteiger partial charge in [-0.3, -0.25) is 19.2 Å². The number of hydrogen-bond donors (Lipinski definition) is 3. The first-order valence-electron chi connectivity index (χ1n) is 14.8. The minimum absolute atomic E-state index is 0.00866. The average molecular weight is 580 g/mol. The second kappa shape index (κ2) is 11.4. The van der Waals surface area contributed by atoms with Crippen molar-refractivity contribution in [3.8, 4) is 5.75 Å². The third-order valence-electron chi connectivity index (χ3n) is 10.7. The molecule has 4 aliphatic carbocycles. The maximum Gasteiger partial charge on any atom is 0.306 e. The number of Topliss-reactive ketones (excluding diaryl/α,β-unsaturated/α-hetero) is 1. The zero-order valence-corrected chi connectivity index (χ0v) is 24.6. The molecular weight excluding hydrogens is 538 g/mol. The lowest BCUT2D eigenvalue weighted by Gasteiger charge is -2.59. The van der Waals surface area contributed by atoms with E-state index in [0.717, 1.165) is 24.0 Å². The molecule has 9 nitrogen and oxygen atoms in total. The molecule has 0 spiro atoms. The Bertz CT molecular complexity index is 1320. The number of hydrogen-bond acceptors (Lipinski definition) is 8. The van der Waals surface area contributed by atoms with Crippen LogP contribution in [0, 0.1) is 28.6 Å². The predicted octanol–water partition coefficient (Wildman–Crippen LogP) is 3.21. The Morgan fingerprint density at radius 2 is 1.83 bits per heavy atom. The number of allylic oxidation sites excluding steroid dienone is 4. The van der Waals surface area contributed by atoms with Crippen molar-refractivity contribution >= 4 is 23.4 Å². The Balaban J connectivity index is 1.15. The maximum absolute atomic E-state index is 13.4. The van der Waals surface area contributed by atoms with Crippen molar-refractivity contribution in [2.24, 2.45) is 28.6 Å². The number of ketones is 2. The molecule has 9 heteroatoms. The molecule has 42 heavy (non-hydrogen) atoms. The van der Waals surface area contributed by atoms with Crippen LogP contribution in [0.1, 0.15) is 64.4 Å². The number of aliphatic hydroxyl groups excluding tert-OH is 1. The monoisotopic (exact) mass is 579 g/mol. The number of ether oxygens (including phenoxy) is 2. The summed E-state index contributed by atoms with van der Waals surface area (Å²) in [6, 6.07) is 7.26. The predicted molar refractivity (Wildman–Crippen MR) is 153 cm³/mol. The highest BCUT2D eigenvalue weighted by Gasteiger charge is 2.68. The maximum atomic E-state index is 13.4. The summed E-state index contributed by atoms with van der Waals surface area (Å²) in [6.45, 7) is 3.69. The van der Waals surface area contributed by atoms with Gasteiger partial charge in [-0.15, -0.1) is 0 Å². The Kier molecular flexibility index (Phi) is 8.20. The number of methoxy groups -OCH3 is 1. The molecule has 0 heterocycles. The van der Waals surface area contributed by atoms with Gasteiger partial charge in [0.05, 0.1) is 19.6 Å². The van der Waals surface area contributed by atoms with Gasteiger partial charge >= 0.3 is 5.97 Å². The van der Waals surface area contributed by atoms with Crippen molar-refractivity contribution in [2.75, 3.05) is 13.7 Å². The molecule has 1 aromatic carbocycles. The fourth-order valence-electron chi connectivity index (χ4n) is 8.37. The molecule has 0 unspecified atom stereocenters. The van der Waals surface area contributed by atoms with Gasteiger partial charge in [-0.2, -0.15) is 0 Å². The van der Waals surface area contributed by atoms with Gasteiger partial charge in [-0.25, -0.2) is 0 Å². The summed E-state index contributed by atoms with van der Waals surface area (Å²) in [6.07, 6.45) is 6.81.